The fourth-order valence-corrected chi connectivity index (χ4v) is 2.71. The largest absolute Gasteiger partial charge is 0.352 e. The number of carbonyl (C=O) groups is 3. The van der Waals surface area contributed by atoms with Crippen molar-refractivity contribution in [1.82, 2.24) is 5.01 Å². The summed E-state index contributed by atoms with van der Waals surface area (Å²) < 4.78 is 13.0. The zero-order valence-electron chi connectivity index (χ0n) is 12.8. The van der Waals surface area contributed by atoms with E-state index in [1.165, 1.54) is 29.2 Å². The number of halogens is 1. The Kier molecular flexibility index (Phi) is 3.31. The van der Waals surface area contributed by atoms with Crippen molar-refractivity contribution in [3.63, 3.8) is 0 Å². The van der Waals surface area contributed by atoms with Crippen LogP contribution in [0.4, 0.5) is 20.6 Å². The summed E-state index contributed by atoms with van der Waals surface area (Å²) in [7, 11) is 0. The number of hydrogen-bond donors (Lipinski definition) is 1. The molecule has 1 N–H and O–H groups in total. The van der Waals surface area contributed by atoms with E-state index in [0.29, 0.717) is 21.9 Å². The van der Waals surface area contributed by atoms with Crippen LogP contribution in [0.1, 0.15) is 5.56 Å². The van der Waals surface area contributed by atoms with Gasteiger partial charge in [0.2, 0.25) is 0 Å². The van der Waals surface area contributed by atoms with E-state index in [9.17, 15) is 18.8 Å². The third-order valence-electron chi connectivity index (χ3n) is 3.93. The zero-order valence-corrected chi connectivity index (χ0v) is 12.8. The number of nitrogens with one attached hydrogen (secondary N) is 1. The van der Waals surface area contributed by atoms with Crippen molar-refractivity contribution in [2.75, 3.05) is 16.8 Å². The van der Waals surface area contributed by atoms with Crippen molar-refractivity contribution in [3.8, 4) is 0 Å². The van der Waals surface area contributed by atoms with Gasteiger partial charge in [-0.1, -0.05) is 18.2 Å². The quantitative estimate of drug-likeness (QED) is 0.850. The van der Waals surface area contributed by atoms with Crippen LogP contribution in [0, 0.1) is 5.82 Å². The van der Waals surface area contributed by atoms with Crippen molar-refractivity contribution in [2.24, 2.45) is 5.10 Å². The lowest BCUT2D eigenvalue weighted by atomic mass is 10.1. The summed E-state index contributed by atoms with van der Waals surface area (Å²) in [6.07, 6.45) is 0. The summed E-state index contributed by atoms with van der Waals surface area (Å²) in [6.45, 7) is -0.232. The second-order valence-corrected chi connectivity index (χ2v) is 5.50. The topological polar surface area (TPSA) is 82.1 Å². The van der Waals surface area contributed by atoms with E-state index in [1.807, 2.05) is 0 Å². The van der Waals surface area contributed by atoms with Crippen molar-refractivity contribution in [3.05, 3.63) is 59.9 Å². The average Bonchev–Trinajstić information content (AvgIpc) is 3.07. The lowest BCUT2D eigenvalue weighted by molar-refractivity contribution is -0.124. The number of urea groups is 1. The molecule has 25 heavy (non-hydrogen) atoms. The highest BCUT2D eigenvalue weighted by molar-refractivity contribution is 6.54. The van der Waals surface area contributed by atoms with Gasteiger partial charge in [-0.05, 0) is 30.3 Å². The molecule has 124 valence electrons. The van der Waals surface area contributed by atoms with Gasteiger partial charge >= 0.3 is 6.03 Å². The molecule has 4 amide bonds. The number of fused-ring (bicyclic) bond motifs is 1. The molecule has 2 aromatic carbocycles. The molecule has 2 heterocycles. The van der Waals surface area contributed by atoms with E-state index in [0.717, 1.165) is 0 Å². The van der Waals surface area contributed by atoms with Crippen LogP contribution >= 0.6 is 0 Å². The molecular weight excluding hydrogens is 327 g/mol. The average molecular weight is 338 g/mol. The second kappa shape index (κ2) is 5.52. The molecule has 0 aliphatic carbocycles. The second-order valence-electron chi connectivity index (χ2n) is 5.50. The predicted molar refractivity (Wildman–Crippen MR) is 87.6 cm³/mol. The lowest BCUT2D eigenvalue weighted by Crippen LogP contribution is -2.31. The fraction of sp³-hybridized carbons (Fsp3) is 0.0588. The van der Waals surface area contributed by atoms with Gasteiger partial charge in [0.1, 0.15) is 12.4 Å². The number of anilines is 2. The molecule has 7 nitrogen and oxygen atoms in total. The Morgan fingerprint density at radius 2 is 1.72 bits per heavy atom. The van der Waals surface area contributed by atoms with Gasteiger partial charge in [0.15, 0.2) is 5.71 Å². The van der Waals surface area contributed by atoms with Gasteiger partial charge in [0.05, 0.1) is 5.69 Å². The first kappa shape index (κ1) is 15.0. The van der Waals surface area contributed by atoms with E-state index in [4.69, 9.17) is 0 Å². The SMILES string of the molecule is O=C1Nc2ccccc2/C1=N/N1C(=O)CN(c2ccc(F)cc2)C1=O. The Labute approximate surface area is 141 Å². The molecule has 0 saturated carbocycles. The van der Waals surface area contributed by atoms with E-state index in [2.05, 4.69) is 10.4 Å². The summed E-state index contributed by atoms with van der Waals surface area (Å²) in [4.78, 5) is 37.9. The molecule has 8 heteroatoms. The Bertz CT molecular complexity index is 939. The Morgan fingerprint density at radius 3 is 2.48 bits per heavy atom. The summed E-state index contributed by atoms with van der Waals surface area (Å²) in [6, 6.07) is 11.4. The molecule has 0 aromatic heterocycles. The number of nitrogens with zero attached hydrogens (tertiary/aromatic N) is 3. The van der Waals surface area contributed by atoms with Crippen LogP contribution in [0.25, 0.3) is 0 Å². The van der Waals surface area contributed by atoms with Crippen LogP contribution in [0.5, 0.6) is 0 Å². The van der Waals surface area contributed by atoms with Crippen molar-refractivity contribution in [2.45, 2.75) is 0 Å². The van der Waals surface area contributed by atoms with Crippen molar-refractivity contribution >= 4 is 34.9 Å². The van der Waals surface area contributed by atoms with Crippen molar-refractivity contribution in [1.29, 1.82) is 0 Å². The molecule has 0 bridgehead atoms. The molecule has 0 unspecified atom stereocenters. The summed E-state index contributed by atoms with van der Waals surface area (Å²) >= 11 is 0. The third kappa shape index (κ3) is 2.44. The van der Waals surface area contributed by atoms with E-state index < -0.39 is 23.7 Å². The number of imide groups is 1. The molecule has 1 saturated heterocycles. The molecule has 4 rings (SSSR count). The lowest BCUT2D eigenvalue weighted by Gasteiger charge is -2.14. The summed E-state index contributed by atoms with van der Waals surface area (Å²) in [5, 5.41) is 7.27. The molecule has 0 spiro atoms. The number of hydrazone groups is 1. The standard InChI is InChI=1S/C17H11FN4O3/c18-10-5-7-11(8-6-10)21-9-14(23)22(17(21)25)20-15-12-3-1-2-4-13(12)19-16(15)24/h1-8H,9H2,(H,19,20,24). The normalized spacial score (nSPS) is 18.1. The first-order valence-corrected chi connectivity index (χ1v) is 7.44. The minimum absolute atomic E-state index is 0.00161. The minimum Gasteiger partial charge on any atom is -0.320 e. The summed E-state index contributed by atoms with van der Waals surface area (Å²) in [5.74, 6) is -1.50. The zero-order chi connectivity index (χ0) is 17.6. The molecule has 2 aromatic rings. The van der Waals surface area contributed by atoms with Gasteiger partial charge in [-0.25, -0.2) is 9.18 Å². The van der Waals surface area contributed by atoms with Gasteiger partial charge in [-0.3, -0.25) is 14.5 Å². The van der Waals surface area contributed by atoms with E-state index in [1.54, 1.807) is 24.3 Å². The van der Waals surface area contributed by atoms with Gasteiger partial charge < -0.3 is 5.32 Å². The number of rotatable bonds is 2. The molecule has 1 fully saturated rings. The predicted octanol–water partition coefficient (Wildman–Crippen LogP) is 1.95. The van der Waals surface area contributed by atoms with Crippen LogP contribution in [-0.2, 0) is 9.59 Å². The Balaban J connectivity index is 1.68. The van der Waals surface area contributed by atoms with Gasteiger partial charge in [-0.15, -0.1) is 5.01 Å². The maximum absolute atomic E-state index is 13.0. The smallest absolute Gasteiger partial charge is 0.320 e. The number of hydrogen-bond acceptors (Lipinski definition) is 4. The molecule has 0 radical (unpaired) electrons. The highest BCUT2D eigenvalue weighted by atomic mass is 19.1. The number of amides is 4. The van der Waals surface area contributed by atoms with Gasteiger partial charge in [-0.2, -0.15) is 5.10 Å². The molecule has 0 atom stereocenters. The van der Waals surface area contributed by atoms with Crippen LogP contribution in [0.2, 0.25) is 0 Å². The fourth-order valence-electron chi connectivity index (χ4n) is 2.71. The third-order valence-corrected chi connectivity index (χ3v) is 3.93. The molecular formula is C17H11FN4O3. The Morgan fingerprint density at radius 1 is 1.00 bits per heavy atom. The summed E-state index contributed by atoms with van der Waals surface area (Å²) in [5.41, 5.74) is 1.46. The van der Waals surface area contributed by atoms with Gasteiger partial charge in [0, 0.05) is 11.3 Å². The van der Waals surface area contributed by atoms with E-state index in [-0.39, 0.29) is 12.3 Å². The maximum Gasteiger partial charge on any atom is 0.352 e. The minimum atomic E-state index is -0.693. The van der Waals surface area contributed by atoms with Crippen LogP contribution < -0.4 is 10.2 Å². The highest BCUT2D eigenvalue weighted by Crippen LogP contribution is 2.25. The molecule has 2 aliphatic rings. The monoisotopic (exact) mass is 338 g/mol. The van der Waals surface area contributed by atoms with Crippen LogP contribution in [0.15, 0.2) is 53.6 Å². The number of para-hydroxylation sites is 1. The number of benzene rings is 2. The van der Waals surface area contributed by atoms with Crippen molar-refractivity contribution < 1.29 is 18.8 Å². The maximum atomic E-state index is 13.0. The van der Waals surface area contributed by atoms with Crippen LogP contribution in [0.3, 0.4) is 0 Å². The van der Waals surface area contributed by atoms with Crippen LogP contribution in [-0.4, -0.2) is 35.1 Å². The first-order valence-electron chi connectivity index (χ1n) is 7.44. The first-order chi connectivity index (χ1) is 12.0. The van der Waals surface area contributed by atoms with Gasteiger partial charge in [0.25, 0.3) is 11.8 Å². The molecule has 2 aliphatic heterocycles. The highest BCUT2D eigenvalue weighted by Gasteiger charge is 2.39. The number of carbonyl (C=O) groups excluding carboxylic acids is 3. The Hall–Kier alpha value is -3.55. The van der Waals surface area contributed by atoms with E-state index >= 15 is 0 Å².